The zero-order valence-electron chi connectivity index (χ0n) is 20.6. The summed E-state index contributed by atoms with van der Waals surface area (Å²) >= 11 is 5.90. The van der Waals surface area contributed by atoms with Crippen LogP contribution < -0.4 is 10.7 Å². The normalized spacial score (nSPS) is 12.2. The monoisotopic (exact) mass is 519 g/mol. The number of pyridine rings is 1. The predicted octanol–water partition coefficient (Wildman–Crippen LogP) is 6.48. The minimum absolute atomic E-state index is 0.192. The summed E-state index contributed by atoms with van der Waals surface area (Å²) in [4.78, 5) is 29.9. The van der Waals surface area contributed by atoms with Crippen LogP contribution in [0.5, 0.6) is 0 Å². The van der Waals surface area contributed by atoms with Crippen LogP contribution in [0, 0.1) is 19.7 Å². The second kappa shape index (κ2) is 9.37. The van der Waals surface area contributed by atoms with Gasteiger partial charge in [0.1, 0.15) is 22.6 Å². The molecule has 5 aromatic rings. The Labute approximate surface area is 216 Å². The fraction of sp³-hybridized carbons (Fsp3) is 0.179. The average Bonchev–Trinajstić information content (AvgIpc) is 3.25. The van der Waals surface area contributed by atoms with E-state index in [-0.39, 0.29) is 21.7 Å². The molecule has 5 rings (SSSR count). The fourth-order valence-corrected chi connectivity index (χ4v) is 4.60. The molecule has 0 fully saturated rings. The topological polar surface area (TPSA) is 85.8 Å². The summed E-state index contributed by atoms with van der Waals surface area (Å²) < 4.78 is 27.7. The number of methoxy groups -OCH3 is 1. The van der Waals surface area contributed by atoms with Gasteiger partial charge in [-0.15, -0.1) is 0 Å². The van der Waals surface area contributed by atoms with Gasteiger partial charge in [-0.3, -0.25) is 4.79 Å². The molecular weight excluding hydrogens is 497 g/mol. The van der Waals surface area contributed by atoms with Crippen LogP contribution in [-0.2, 0) is 4.74 Å². The van der Waals surface area contributed by atoms with Crippen LogP contribution in [0.25, 0.3) is 27.9 Å². The Balaban J connectivity index is 1.63. The van der Waals surface area contributed by atoms with Crippen LogP contribution in [0.1, 0.15) is 40.1 Å². The van der Waals surface area contributed by atoms with Crippen LogP contribution in [0.2, 0.25) is 5.02 Å². The molecule has 7 nitrogen and oxygen atoms in total. The number of rotatable bonds is 5. The molecule has 188 valence electrons. The van der Waals surface area contributed by atoms with E-state index in [1.54, 1.807) is 6.07 Å². The predicted molar refractivity (Wildman–Crippen MR) is 141 cm³/mol. The summed E-state index contributed by atoms with van der Waals surface area (Å²) in [6, 6.07) is 11.2. The molecule has 9 heteroatoms. The van der Waals surface area contributed by atoms with Gasteiger partial charge >= 0.3 is 5.97 Å². The van der Waals surface area contributed by atoms with Gasteiger partial charge < -0.3 is 18.9 Å². The lowest BCUT2D eigenvalue weighted by molar-refractivity contribution is 0.0596. The highest BCUT2D eigenvalue weighted by Crippen LogP contribution is 2.33. The summed E-state index contributed by atoms with van der Waals surface area (Å²) in [6.45, 7) is 5.61. The number of hydrogen-bond acceptors (Lipinski definition) is 6. The Morgan fingerprint density at radius 2 is 1.95 bits per heavy atom. The highest BCUT2D eigenvalue weighted by molar-refractivity contribution is 6.31. The molecule has 0 amide bonds. The second-order valence-electron chi connectivity index (χ2n) is 8.91. The Hall–Kier alpha value is -4.17. The van der Waals surface area contributed by atoms with Crippen molar-refractivity contribution in [2.24, 2.45) is 0 Å². The van der Waals surface area contributed by atoms with E-state index in [2.05, 4.69) is 10.3 Å². The molecule has 1 atom stereocenters. The minimum atomic E-state index is -0.876. The standard InChI is InChI=1S/C28H23ClFN3O4/c1-14-9-18(16(3)32-21-7-6-20(29)26(30)25(21)28(35)36-4)27-19(10-14)22(34)11-23(37-27)17-5-8-24-31-15(2)12-33(24)13-17/h5-13,16,32H,1-4H3. The smallest absolute Gasteiger partial charge is 0.343 e. The first-order chi connectivity index (χ1) is 17.7. The zero-order chi connectivity index (χ0) is 26.4. The number of hydrogen-bond donors (Lipinski definition) is 1. The quantitative estimate of drug-likeness (QED) is 0.268. The molecule has 0 saturated heterocycles. The lowest BCUT2D eigenvalue weighted by atomic mass is 10.00. The van der Waals surface area contributed by atoms with Crippen LogP contribution in [-0.4, -0.2) is 22.5 Å². The third-order valence-corrected chi connectivity index (χ3v) is 6.47. The number of carbonyl (C=O) groups is 1. The van der Waals surface area contributed by atoms with Gasteiger partial charge in [0.15, 0.2) is 11.2 Å². The van der Waals surface area contributed by atoms with Crippen LogP contribution in [0.15, 0.2) is 64.1 Å². The number of nitrogens with zero attached hydrogens (tertiary/aromatic N) is 2. The first-order valence-electron chi connectivity index (χ1n) is 11.5. The van der Waals surface area contributed by atoms with Gasteiger partial charge in [0, 0.05) is 29.6 Å². The number of halogens is 2. The van der Waals surface area contributed by atoms with Crippen molar-refractivity contribution in [2.75, 3.05) is 12.4 Å². The molecule has 3 heterocycles. The Morgan fingerprint density at radius 1 is 1.16 bits per heavy atom. The zero-order valence-corrected chi connectivity index (χ0v) is 21.3. The summed E-state index contributed by atoms with van der Waals surface area (Å²) in [7, 11) is 1.17. The first kappa shape index (κ1) is 24.5. The van der Waals surface area contributed by atoms with Crippen molar-refractivity contribution in [3.05, 3.63) is 98.3 Å². The van der Waals surface area contributed by atoms with E-state index in [9.17, 15) is 14.0 Å². The number of ether oxygens (including phenoxy) is 1. The van der Waals surface area contributed by atoms with Gasteiger partial charge in [0.2, 0.25) is 0 Å². The highest BCUT2D eigenvalue weighted by atomic mass is 35.5. The Bertz CT molecular complexity index is 1760. The second-order valence-corrected chi connectivity index (χ2v) is 9.32. The van der Waals surface area contributed by atoms with E-state index in [4.69, 9.17) is 20.8 Å². The SMILES string of the molecule is COC(=O)c1c(NC(C)c2cc(C)cc3c(=O)cc(-c4ccc5nc(C)cn5c4)oc23)ccc(Cl)c1F. The van der Waals surface area contributed by atoms with Crippen molar-refractivity contribution in [3.8, 4) is 11.3 Å². The van der Waals surface area contributed by atoms with Gasteiger partial charge in [0.25, 0.3) is 0 Å². The molecular formula is C28H23ClFN3O4. The van der Waals surface area contributed by atoms with Crippen LogP contribution in [0.4, 0.5) is 10.1 Å². The van der Waals surface area contributed by atoms with Crippen LogP contribution in [0.3, 0.4) is 0 Å². The van der Waals surface area contributed by atoms with Crippen molar-refractivity contribution in [2.45, 2.75) is 26.8 Å². The first-order valence-corrected chi connectivity index (χ1v) is 11.9. The van der Waals surface area contributed by atoms with Gasteiger partial charge in [0.05, 0.1) is 34.9 Å². The number of aromatic nitrogens is 2. The van der Waals surface area contributed by atoms with E-state index < -0.39 is 17.8 Å². The third kappa shape index (κ3) is 4.44. The average molecular weight is 520 g/mol. The van der Waals surface area contributed by atoms with Crippen molar-refractivity contribution in [3.63, 3.8) is 0 Å². The van der Waals surface area contributed by atoms with E-state index >= 15 is 0 Å². The number of esters is 1. The van der Waals surface area contributed by atoms with Crippen molar-refractivity contribution < 1.29 is 18.3 Å². The Morgan fingerprint density at radius 3 is 2.70 bits per heavy atom. The molecule has 1 unspecified atom stereocenters. The lowest BCUT2D eigenvalue weighted by Crippen LogP contribution is -2.15. The fourth-order valence-electron chi connectivity index (χ4n) is 4.45. The number of aryl methyl sites for hydroxylation is 2. The molecule has 0 bridgehead atoms. The van der Waals surface area contributed by atoms with Gasteiger partial charge in [-0.05, 0) is 56.7 Å². The minimum Gasteiger partial charge on any atom is -0.465 e. The molecule has 0 aliphatic rings. The highest BCUT2D eigenvalue weighted by Gasteiger charge is 2.23. The largest absolute Gasteiger partial charge is 0.465 e. The summed E-state index contributed by atoms with van der Waals surface area (Å²) in [5.41, 5.74) is 3.99. The maximum absolute atomic E-state index is 14.7. The van der Waals surface area contributed by atoms with Gasteiger partial charge in [-0.2, -0.15) is 0 Å². The Kier molecular flexibility index (Phi) is 6.21. The van der Waals surface area contributed by atoms with Crippen molar-refractivity contribution in [1.29, 1.82) is 0 Å². The third-order valence-electron chi connectivity index (χ3n) is 6.18. The van der Waals surface area contributed by atoms with Crippen LogP contribution >= 0.6 is 11.6 Å². The number of anilines is 1. The van der Waals surface area contributed by atoms with Crippen molar-refractivity contribution >= 4 is 39.9 Å². The van der Waals surface area contributed by atoms with E-state index in [0.29, 0.717) is 27.9 Å². The molecule has 1 N–H and O–H groups in total. The maximum atomic E-state index is 14.7. The molecule has 0 spiro atoms. The van der Waals surface area contributed by atoms with E-state index in [1.165, 1.54) is 25.3 Å². The van der Waals surface area contributed by atoms with Gasteiger partial charge in [-0.1, -0.05) is 17.7 Å². The molecule has 0 saturated carbocycles. The van der Waals surface area contributed by atoms with E-state index in [0.717, 1.165) is 16.9 Å². The van der Waals surface area contributed by atoms with Gasteiger partial charge in [-0.25, -0.2) is 14.2 Å². The molecule has 0 aliphatic heterocycles. The number of benzene rings is 2. The van der Waals surface area contributed by atoms with E-state index in [1.807, 2.05) is 55.8 Å². The molecule has 37 heavy (non-hydrogen) atoms. The summed E-state index contributed by atoms with van der Waals surface area (Å²) in [5, 5.41) is 3.39. The number of imidazole rings is 1. The lowest BCUT2D eigenvalue weighted by Gasteiger charge is -2.20. The molecule has 3 aromatic heterocycles. The number of carbonyl (C=O) groups excluding carboxylic acids is 1. The maximum Gasteiger partial charge on any atom is 0.343 e. The number of nitrogens with one attached hydrogen (secondary N) is 1. The molecule has 0 aliphatic carbocycles. The molecule has 2 aromatic carbocycles. The molecule has 0 radical (unpaired) electrons. The van der Waals surface area contributed by atoms with Crippen molar-refractivity contribution in [1.82, 2.24) is 9.38 Å². The number of fused-ring (bicyclic) bond motifs is 2. The summed E-state index contributed by atoms with van der Waals surface area (Å²) in [5.74, 6) is -1.34. The summed E-state index contributed by atoms with van der Waals surface area (Å²) in [6.07, 6.45) is 3.75.